The van der Waals surface area contributed by atoms with Gasteiger partial charge in [-0.2, -0.15) is 0 Å². The molecule has 2 amide bonds. The van der Waals surface area contributed by atoms with Crippen LogP contribution in [-0.4, -0.2) is 24.4 Å². The van der Waals surface area contributed by atoms with E-state index in [0.29, 0.717) is 0 Å². The average molecular weight is 424 g/mol. The van der Waals surface area contributed by atoms with Crippen LogP contribution in [0.4, 0.5) is 18.0 Å². The molecule has 0 aliphatic heterocycles. The molecule has 0 radical (unpaired) electrons. The number of hydrogen-bond donors (Lipinski definition) is 2. The first-order valence-electron chi connectivity index (χ1n) is 9.24. The number of carbonyl (C=O) groups excluding carboxylic acids is 2. The van der Waals surface area contributed by atoms with Crippen LogP contribution in [0.25, 0.3) is 0 Å². The molecule has 0 fully saturated rings. The van der Waals surface area contributed by atoms with Gasteiger partial charge in [-0.15, -0.1) is 13.2 Å². The average Bonchev–Trinajstić information content (AvgIpc) is 2.69. The van der Waals surface area contributed by atoms with Gasteiger partial charge in [0.2, 0.25) is 5.91 Å². The second kappa shape index (κ2) is 10.5. The van der Waals surface area contributed by atoms with Gasteiger partial charge in [-0.3, -0.25) is 4.79 Å². The second-order valence-corrected chi connectivity index (χ2v) is 6.80. The van der Waals surface area contributed by atoms with Crippen molar-refractivity contribution < 1.29 is 32.2 Å². The van der Waals surface area contributed by atoms with Gasteiger partial charge >= 0.3 is 12.5 Å². The van der Waals surface area contributed by atoms with Gasteiger partial charge in [-0.25, -0.2) is 4.79 Å². The van der Waals surface area contributed by atoms with Crippen LogP contribution in [0.3, 0.4) is 0 Å². The molecule has 2 aromatic carbocycles. The molecular weight excluding hydrogens is 401 g/mol. The van der Waals surface area contributed by atoms with Crippen molar-refractivity contribution in [1.82, 2.24) is 10.6 Å². The summed E-state index contributed by atoms with van der Waals surface area (Å²) in [6.07, 6.45) is -5.61. The normalized spacial score (nSPS) is 12.2. The van der Waals surface area contributed by atoms with Crippen LogP contribution >= 0.6 is 0 Å². The third-order valence-corrected chi connectivity index (χ3v) is 4.09. The van der Waals surface area contributed by atoms with E-state index >= 15 is 0 Å². The number of halogens is 3. The summed E-state index contributed by atoms with van der Waals surface area (Å²) in [6.45, 7) is 3.29. The highest BCUT2D eigenvalue weighted by Crippen LogP contribution is 2.26. The number of alkyl carbamates (subject to hydrolysis) is 1. The Hall–Kier alpha value is -3.23. The van der Waals surface area contributed by atoms with E-state index in [4.69, 9.17) is 4.74 Å². The Bertz CT molecular complexity index is 842. The zero-order chi connectivity index (χ0) is 22.1. The molecule has 1 atom stereocenters. The molecule has 2 N–H and O–H groups in total. The number of alkyl halides is 3. The maximum Gasteiger partial charge on any atom is 0.573 e. The van der Waals surface area contributed by atoms with Crippen molar-refractivity contribution in [2.45, 2.75) is 39.4 Å². The molecule has 0 aromatic heterocycles. The Balaban J connectivity index is 1.93. The lowest BCUT2D eigenvalue weighted by Gasteiger charge is -2.22. The summed E-state index contributed by atoms with van der Waals surface area (Å²) < 4.78 is 46.7. The van der Waals surface area contributed by atoms with E-state index < -0.39 is 30.2 Å². The van der Waals surface area contributed by atoms with Crippen molar-refractivity contribution in [3.8, 4) is 5.75 Å². The smallest absolute Gasteiger partial charge is 0.445 e. The highest BCUT2D eigenvalue weighted by molar-refractivity contribution is 5.85. The zero-order valence-electron chi connectivity index (χ0n) is 16.5. The molecule has 1 unspecified atom stereocenters. The predicted octanol–water partition coefficient (Wildman–Crippen LogP) is 4.15. The van der Waals surface area contributed by atoms with Gasteiger partial charge in [0.15, 0.2) is 0 Å². The molecule has 162 valence electrons. The topological polar surface area (TPSA) is 76.7 Å². The van der Waals surface area contributed by atoms with Crippen LogP contribution in [0, 0.1) is 5.92 Å². The Morgan fingerprint density at radius 3 is 2.27 bits per heavy atom. The number of rotatable bonds is 8. The second-order valence-electron chi connectivity index (χ2n) is 6.80. The van der Waals surface area contributed by atoms with Crippen molar-refractivity contribution in [3.05, 3.63) is 65.7 Å². The molecule has 0 bridgehead atoms. The molecule has 0 saturated heterocycles. The largest absolute Gasteiger partial charge is 0.573 e. The molecule has 0 spiro atoms. The third-order valence-electron chi connectivity index (χ3n) is 4.09. The molecule has 0 heterocycles. The first-order chi connectivity index (χ1) is 14.2. The van der Waals surface area contributed by atoms with Gasteiger partial charge in [0.25, 0.3) is 0 Å². The minimum absolute atomic E-state index is 0.0429. The minimum atomic E-state index is -4.84. The number of benzene rings is 2. The first-order valence-corrected chi connectivity index (χ1v) is 9.24. The van der Waals surface area contributed by atoms with Gasteiger partial charge in [0.1, 0.15) is 18.4 Å². The van der Waals surface area contributed by atoms with Gasteiger partial charge in [0, 0.05) is 12.1 Å². The summed E-state index contributed by atoms with van der Waals surface area (Å²) in [5.74, 6) is -1.24. The molecule has 0 aliphatic rings. The Kier molecular flexibility index (Phi) is 8.08. The summed E-state index contributed by atoms with van der Waals surface area (Å²) in [5, 5.41) is 5.02. The SMILES string of the molecule is CC(C)C(NC(=O)OCc1ccccc1)C(=O)NCc1ccccc1OC(F)(F)F. The van der Waals surface area contributed by atoms with Crippen LogP contribution in [0.1, 0.15) is 25.0 Å². The van der Waals surface area contributed by atoms with Gasteiger partial charge in [-0.05, 0) is 17.5 Å². The van der Waals surface area contributed by atoms with Crippen LogP contribution in [-0.2, 0) is 22.7 Å². The van der Waals surface area contributed by atoms with Crippen LogP contribution in [0.15, 0.2) is 54.6 Å². The van der Waals surface area contributed by atoms with Crippen molar-refractivity contribution >= 4 is 12.0 Å². The first kappa shape index (κ1) is 23.1. The predicted molar refractivity (Wildman–Crippen MR) is 103 cm³/mol. The summed E-state index contributed by atoms with van der Waals surface area (Å²) in [4.78, 5) is 24.6. The molecule has 6 nitrogen and oxygen atoms in total. The monoisotopic (exact) mass is 424 g/mol. The molecule has 2 rings (SSSR count). The van der Waals surface area contributed by atoms with Crippen molar-refractivity contribution in [1.29, 1.82) is 0 Å². The standard InChI is InChI=1S/C21H23F3N2O4/c1-14(2)18(26-20(28)29-13-15-8-4-3-5-9-15)19(27)25-12-16-10-6-7-11-17(16)30-21(22,23)24/h3-11,14,18H,12-13H2,1-2H3,(H,25,27)(H,26,28). The maximum atomic E-state index is 12.5. The number of amides is 2. The molecular formula is C21H23F3N2O4. The van der Waals surface area contributed by atoms with Crippen molar-refractivity contribution in [3.63, 3.8) is 0 Å². The lowest BCUT2D eigenvalue weighted by Crippen LogP contribution is -2.49. The lowest BCUT2D eigenvalue weighted by molar-refractivity contribution is -0.274. The fourth-order valence-corrected chi connectivity index (χ4v) is 2.59. The number of carbonyl (C=O) groups is 2. The third kappa shape index (κ3) is 7.65. The van der Waals surface area contributed by atoms with Crippen LogP contribution < -0.4 is 15.4 Å². The van der Waals surface area contributed by atoms with E-state index in [1.165, 1.54) is 18.2 Å². The summed E-state index contributed by atoms with van der Waals surface area (Å²) in [6, 6.07) is 13.6. The zero-order valence-corrected chi connectivity index (χ0v) is 16.5. The molecule has 2 aromatic rings. The summed E-state index contributed by atoms with van der Waals surface area (Å²) in [7, 11) is 0. The molecule has 0 aliphatic carbocycles. The molecule has 9 heteroatoms. The van der Waals surface area contributed by atoms with E-state index in [1.54, 1.807) is 38.1 Å². The van der Waals surface area contributed by atoms with Gasteiger partial charge in [0.05, 0.1) is 0 Å². The summed E-state index contributed by atoms with van der Waals surface area (Å²) in [5.41, 5.74) is 0.941. The maximum absolute atomic E-state index is 12.5. The van der Waals surface area contributed by atoms with E-state index in [-0.39, 0.29) is 24.6 Å². The van der Waals surface area contributed by atoms with Crippen LogP contribution in [0.2, 0.25) is 0 Å². The minimum Gasteiger partial charge on any atom is -0.445 e. The fraction of sp³-hybridized carbons (Fsp3) is 0.333. The highest BCUT2D eigenvalue weighted by atomic mass is 19.4. The van der Waals surface area contributed by atoms with E-state index in [2.05, 4.69) is 15.4 Å². The fourth-order valence-electron chi connectivity index (χ4n) is 2.59. The Labute approximate surface area is 172 Å². The number of ether oxygens (including phenoxy) is 2. The van der Waals surface area contributed by atoms with E-state index in [0.717, 1.165) is 11.6 Å². The highest BCUT2D eigenvalue weighted by Gasteiger charge is 2.32. The van der Waals surface area contributed by atoms with Crippen molar-refractivity contribution in [2.24, 2.45) is 5.92 Å². The van der Waals surface area contributed by atoms with E-state index in [9.17, 15) is 22.8 Å². The number of nitrogens with one attached hydrogen (secondary N) is 2. The van der Waals surface area contributed by atoms with Crippen molar-refractivity contribution in [2.75, 3.05) is 0 Å². The molecule has 30 heavy (non-hydrogen) atoms. The Morgan fingerprint density at radius 1 is 1.00 bits per heavy atom. The van der Waals surface area contributed by atoms with Gasteiger partial charge < -0.3 is 20.1 Å². The van der Waals surface area contributed by atoms with E-state index in [1.807, 2.05) is 6.07 Å². The number of para-hydroxylation sites is 1. The summed E-state index contributed by atoms with van der Waals surface area (Å²) >= 11 is 0. The lowest BCUT2D eigenvalue weighted by atomic mass is 10.0. The Morgan fingerprint density at radius 2 is 1.63 bits per heavy atom. The quantitative estimate of drug-likeness (QED) is 0.668. The van der Waals surface area contributed by atoms with Crippen LogP contribution in [0.5, 0.6) is 5.75 Å². The number of hydrogen-bond acceptors (Lipinski definition) is 4. The van der Waals surface area contributed by atoms with Gasteiger partial charge in [-0.1, -0.05) is 62.4 Å². The molecule has 0 saturated carbocycles.